The molecule has 0 aliphatic heterocycles. The second-order valence-electron chi connectivity index (χ2n) is 7.12. The standard InChI is InChI=1S/C18H19ClF3N7O/c1-17(2,15(30)24-4-3-18(20,21)22)29-16-27-8-12(23)13(28-16)11-7-26-14-10(11)5-9(19)6-25-14/h5-8H,3-4,23H2,1-2H3,(H,24,30)(H,25,26)(H,27,28,29). The molecule has 5 N–H and O–H groups in total. The van der Waals surface area contributed by atoms with Crippen molar-refractivity contribution in [1.82, 2.24) is 25.3 Å². The van der Waals surface area contributed by atoms with Crippen LogP contribution in [-0.2, 0) is 4.79 Å². The van der Waals surface area contributed by atoms with E-state index >= 15 is 0 Å². The summed E-state index contributed by atoms with van der Waals surface area (Å²) < 4.78 is 36.9. The van der Waals surface area contributed by atoms with Crippen LogP contribution in [0.25, 0.3) is 22.3 Å². The van der Waals surface area contributed by atoms with E-state index < -0.39 is 30.6 Å². The second-order valence-corrected chi connectivity index (χ2v) is 7.56. The molecular formula is C18H19ClF3N7O. The predicted molar refractivity (Wildman–Crippen MR) is 108 cm³/mol. The van der Waals surface area contributed by atoms with Gasteiger partial charge in [-0.05, 0) is 19.9 Å². The molecule has 30 heavy (non-hydrogen) atoms. The maximum atomic E-state index is 12.3. The number of aromatic amines is 1. The number of nitrogens with one attached hydrogen (secondary N) is 3. The molecule has 3 aromatic heterocycles. The molecule has 3 rings (SSSR count). The Morgan fingerprint density at radius 1 is 1.27 bits per heavy atom. The maximum Gasteiger partial charge on any atom is 0.390 e. The quantitative estimate of drug-likeness (QED) is 0.464. The number of anilines is 2. The predicted octanol–water partition coefficient (Wildman–Crippen LogP) is 3.51. The molecule has 3 heterocycles. The van der Waals surface area contributed by atoms with Crippen molar-refractivity contribution < 1.29 is 18.0 Å². The van der Waals surface area contributed by atoms with Gasteiger partial charge in [-0.15, -0.1) is 0 Å². The average molecular weight is 442 g/mol. The fourth-order valence-electron chi connectivity index (χ4n) is 2.72. The van der Waals surface area contributed by atoms with Crippen molar-refractivity contribution in [2.45, 2.75) is 32.0 Å². The molecule has 8 nitrogen and oxygen atoms in total. The smallest absolute Gasteiger partial charge is 0.390 e. The zero-order valence-corrected chi connectivity index (χ0v) is 16.8. The summed E-state index contributed by atoms with van der Waals surface area (Å²) in [6.45, 7) is 2.49. The first-order chi connectivity index (χ1) is 14.0. The number of fused-ring (bicyclic) bond motifs is 1. The van der Waals surface area contributed by atoms with Gasteiger partial charge in [-0.2, -0.15) is 13.2 Å². The molecule has 0 bridgehead atoms. The third-order valence-electron chi connectivity index (χ3n) is 4.26. The van der Waals surface area contributed by atoms with E-state index in [4.69, 9.17) is 17.3 Å². The Balaban J connectivity index is 1.82. The van der Waals surface area contributed by atoms with Crippen molar-refractivity contribution in [3.05, 3.63) is 29.7 Å². The van der Waals surface area contributed by atoms with Gasteiger partial charge in [0.2, 0.25) is 11.9 Å². The number of pyridine rings is 1. The van der Waals surface area contributed by atoms with Crippen molar-refractivity contribution >= 4 is 40.2 Å². The normalized spacial score (nSPS) is 12.2. The number of hydrogen-bond donors (Lipinski definition) is 4. The van der Waals surface area contributed by atoms with Gasteiger partial charge in [0.05, 0.1) is 23.3 Å². The van der Waals surface area contributed by atoms with E-state index in [9.17, 15) is 18.0 Å². The molecular weight excluding hydrogens is 423 g/mol. The summed E-state index contributed by atoms with van der Waals surface area (Å²) in [4.78, 5) is 27.9. The zero-order chi connectivity index (χ0) is 22.1. The first-order valence-electron chi connectivity index (χ1n) is 8.85. The van der Waals surface area contributed by atoms with Crippen LogP contribution >= 0.6 is 11.6 Å². The number of halogens is 4. The lowest BCUT2D eigenvalue weighted by Gasteiger charge is -2.25. The van der Waals surface area contributed by atoms with E-state index in [1.807, 2.05) is 0 Å². The summed E-state index contributed by atoms with van der Waals surface area (Å²) in [5.74, 6) is -0.545. The molecule has 0 fully saturated rings. The van der Waals surface area contributed by atoms with Crippen LogP contribution in [0.1, 0.15) is 20.3 Å². The van der Waals surface area contributed by atoms with Crippen LogP contribution < -0.4 is 16.4 Å². The molecule has 0 aromatic carbocycles. The number of aromatic nitrogens is 4. The van der Waals surface area contributed by atoms with Gasteiger partial charge in [0.25, 0.3) is 0 Å². The number of H-pyrrole nitrogens is 1. The second kappa shape index (κ2) is 7.98. The van der Waals surface area contributed by atoms with E-state index in [-0.39, 0.29) is 11.6 Å². The Kier molecular flexibility index (Phi) is 5.75. The number of carbonyl (C=O) groups excluding carboxylic acids is 1. The molecule has 0 radical (unpaired) electrons. The van der Waals surface area contributed by atoms with Gasteiger partial charge in [0.1, 0.15) is 16.9 Å². The zero-order valence-electron chi connectivity index (χ0n) is 16.1. The minimum atomic E-state index is -4.35. The lowest BCUT2D eigenvalue weighted by Crippen LogP contribution is -2.49. The van der Waals surface area contributed by atoms with E-state index in [2.05, 4.69) is 30.6 Å². The summed E-state index contributed by atoms with van der Waals surface area (Å²) in [7, 11) is 0. The molecule has 3 aromatic rings. The van der Waals surface area contributed by atoms with Gasteiger partial charge in [-0.25, -0.2) is 15.0 Å². The van der Waals surface area contributed by atoms with Crippen LogP contribution in [-0.4, -0.2) is 44.1 Å². The number of alkyl halides is 3. The lowest BCUT2D eigenvalue weighted by atomic mass is 10.0. The van der Waals surface area contributed by atoms with Gasteiger partial charge < -0.3 is 21.4 Å². The van der Waals surface area contributed by atoms with E-state index in [1.54, 1.807) is 12.3 Å². The highest BCUT2D eigenvalue weighted by Crippen LogP contribution is 2.32. The molecule has 12 heteroatoms. The van der Waals surface area contributed by atoms with Gasteiger partial charge in [-0.3, -0.25) is 4.79 Å². The van der Waals surface area contributed by atoms with Crippen LogP contribution in [0.15, 0.2) is 24.7 Å². The Bertz CT molecular complexity index is 1080. The third kappa shape index (κ3) is 4.90. The van der Waals surface area contributed by atoms with Gasteiger partial charge in [0.15, 0.2) is 0 Å². The first kappa shape index (κ1) is 21.6. The molecule has 0 aliphatic rings. The van der Waals surface area contributed by atoms with Crippen LogP contribution in [0.5, 0.6) is 0 Å². The van der Waals surface area contributed by atoms with Crippen LogP contribution in [0, 0.1) is 0 Å². The third-order valence-corrected chi connectivity index (χ3v) is 4.46. The van der Waals surface area contributed by atoms with Crippen molar-refractivity contribution in [1.29, 1.82) is 0 Å². The summed E-state index contributed by atoms with van der Waals surface area (Å²) in [5, 5.41) is 6.22. The molecule has 0 saturated carbocycles. The van der Waals surface area contributed by atoms with Crippen molar-refractivity contribution in [3.8, 4) is 11.3 Å². The Morgan fingerprint density at radius 3 is 2.70 bits per heavy atom. The number of nitrogens with zero attached hydrogens (tertiary/aromatic N) is 3. The Hall–Kier alpha value is -3.08. The summed E-state index contributed by atoms with van der Waals surface area (Å²) in [6.07, 6.45) is -0.920. The number of amides is 1. The van der Waals surface area contributed by atoms with Crippen LogP contribution in [0.3, 0.4) is 0 Å². The topological polar surface area (TPSA) is 122 Å². The van der Waals surface area contributed by atoms with Crippen molar-refractivity contribution in [2.24, 2.45) is 0 Å². The summed E-state index contributed by atoms with van der Waals surface area (Å²) in [5.41, 5.74) is 6.66. The Morgan fingerprint density at radius 2 is 2.00 bits per heavy atom. The molecule has 0 atom stereocenters. The van der Waals surface area contributed by atoms with Crippen molar-refractivity contribution in [2.75, 3.05) is 17.6 Å². The molecule has 0 saturated heterocycles. The highest BCUT2D eigenvalue weighted by molar-refractivity contribution is 6.31. The minimum absolute atomic E-state index is 0.0829. The largest absolute Gasteiger partial charge is 0.396 e. The minimum Gasteiger partial charge on any atom is -0.396 e. The number of nitrogens with two attached hydrogens (primary N) is 1. The molecule has 1 amide bonds. The number of nitrogen functional groups attached to an aromatic ring is 1. The monoisotopic (exact) mass is 441 g/mol. The first-order valence-corrected chi connectivity index (χ1v) is 9.23. The fraction of sp³-hybridized carbons (Fsp3) is 0.333. The summed E-state index contributed by atoms with van der Waals surface area (Å²) in [6, 6.07) is 1.71. The molecule has 0 spiro atoms. The lowest BCUT2D eigenvalue weighted by molar-refractivity contribution is -0.136. The number of hydrogen-bond acceptors (Lipinski definition) is 6. The number of carbonyl (C=O) groups is 1. The summed E-state index contributed by atoms with van der Waals surface area (Å²) >= 11 is 6.03. The molecule has 160 valence electrons. The van der Waals surface area contributed by atoms with E-state index in [0.29, 0.717) is 27.3 Å². The maximum absolute atomic E-state index is 12.3. The number of rotatable bonds is 6. The van der Waals surface area contributed by atoms with Gasteiger partial charge in [0, 0.05) is 29.9 Å². The molecule has 0 unspecified atom stereocenters. The average Bonchev–Trinajstić information content (AvgIpc) is 3.04. The highest BCUT2D eigenvalue weighted by Gasteiger charge is 2.31. The SMILES string of the molecule is CC(C)(Nc1ncc(N)c(-c2c[nH]c3ncc(Cl)cc23)n1)C(=O)NCCC(F)(F)F. The fourth-order valence-corrected chi connectivity index (χ4v) is 2.87. The molecule has 0 aliphatic carbocycles. The highest BCUT2D eigenvalue weighted by atomic mass is 35.5. The van der Waals surface area contributed by atoms with E-state index in [0.717, 1.165) is 0 Å². The van der Waals surface area contributed by atoms with Crippen molar-refractivity contribution in [3.63, 3.8) is 0 Å². The van der Waals surface area contributed by atoms with E-state index in [1.165, 1.54) is 26.2 Å². The van der Waals surface area contributed by atoms with Crippen LogP contribution in [0.2, 0.25) is 5.02 Å². The van der Waals surface area contributed by atoms with Gasteiger partial charge >= 0.3 is 6.18 Å². The van der Waals surface area contributed by atoms with Gasteiger partial charge in [-0.1, -0.05) is 11.6 Å². The Labute approximate surface area is 174 Å². The van der Waals surface area contributed by atoms with Crippen LogP contribution in [0.4, 0.5) is 24.8 Å².